The van der Waals surface area contributed by atoms with E-state index in [-0.39, 0.29) is 29.8 Å². The highest BCUT2D eigenvalue weighted by Gasteiger charge is 2.35. The van der Waals surface area contributed by atoms with Gasteiger partial charge in [-0.2, -0.15) is 0 Å². The average Bonchev–Trinajstić information content (AvgIpc) is 3.02. The molecule has 0 bridgehead atoms. The van der Waals surface area contributed by atoms with Crippen molar-refractivity contribution in [1.29, 1.82) is 0 Å². The minimum Gasteiger partial charge on any atom is -0.352 e. The third kappa shape index (κ3) is 8.36. The molecule has 0 heterocycles. The maximum Gasteiger partial charge on any atom is 0.264 e. The van der Waals surface area contributed by atoms with Crippen LogP contribution >= 0.6 is 15.9 Å². The number of halogens is 1. The highest BCUT2D eigenvalue weighted by molar-refractivity contribution is 9.10. The quantitative estimate of drug-likeness (QED) is 0.178. The lowest BCUT2D eigenvalue weighted by atomic mass is 10.0. The smallest absolute Gasteiger partial charge is 0.264 e. The first-order valence-corrected chi connectivity index (χ1v) is 16.9. The molecule has 0 spiro atoms. The fourth-order valence-electron chi connectivity index (χ4n) is 5.05. The van der Waals surface area contributed by atoms with Crippen molar-refractivity contribution in [2.45, 2.75) is 57.1 Å². The van der Waals surface area contributed by atoms with Gasteiger partial charge in [-0.05, 0) is 67.3 Å². The van der Waals surface area contributed by atoms with E-state index in [1.54, 1.807) is 30.3 Å². The molecule has 4 aromatic rings. The molecule has 2 amide bonds. The molecule has 0 saturated heterocycles. The van der Waals surface area contributed by atoms with Gasteiger partial charge in [-0.25, -0.2) is 8.42 Å². The molecule has 0 fully saturated rings. The second-order valence-corrected chi connectivity index (χ2v) is 13.6. The monoisotopic (exact) mass is 675 g/mol. The Bertz CT molecular complexity index is 1660. The van der Waals surface area contributed by atoms with Crippen molar-refractivity contribution in [3.05, 3.63) is 130 Å². The molecule has 4 rings (SSSR count). The molecule has 0 aliphatic heterocycles. The van der Waals surface area contributed by atoms with Crippen LogP contribution in [0.25, 0.3) is 0 Å². The number of aryl methyl sites for hydroxylation is 1. The Morgan fingerprint density at radius 1 is 0.818 bits per heavy atom. The highest BCUT2D eigenvalue weighted by Crippen LogP contribution is 2.28. The normalized spacial score (nSPS) is 12.0. The van der Waals surface area contributed by atoms with Crippen LogP contribution in [0.15, 0.2) is 119 Å². The van der Waals surface area contributed by atoms with Crippen molar-refractivity contribution < 1.29 is 18.0 Å². The van der Waals surface area contributed by atoms with E-state index in [1.807, 2.05) is 87.5 Å². The Kier molecular flexibility index (Phi) is 11.4. The number of amides is 2. The molecule has 9 heteroatoms. The number of nitrogens with zero attached hydrogens (tertiary/aromatic N) is 2. The molecule has 0 saturated carbocycles. The zero-order valence-electron chi connectivity index (χ0n) is 25.2. The Morgan fingerprint density at radius 3 is 2.07 bits per heavy atom. The van der Waals surface area contributed by atoms with Crippen molar-refractivity contribution in [1.82, 2.24) is 10.2 Å². The summed E-state index contributed by atoms with van der Waals surface area (Å²) in [6, 6.07) is 31.3. The lowest BCUT2D eigenvalue weighted by molar-refractivity contribution is -0.140. The molecule has 0 unspecified atom stereocenters. The standard InChI is InChI=1S/C35H38BrN3O4S/c1-4-29-17-11-12-21-32(29)39(44(42,43)31-19-9-6-10-20-31)25-34(40)38(24-28-16-13-18-30(36)22-28)33(35(41)37-26(2)3)23-27-14-7-5-8-15-27/h5-22,26,33H,4,23-25H2,1-3H3,(H,37,41)/t33-/m1/s1. The maximum absolute atomic E-state index is 14.5. The van der Waals surface area contributed by atoms with Gasteiger partial charge in [-0.3, -0.25) is 13.9 Å². The SMILES string of the molecule is CCc1ccccc1N(CC(=O)N(Cc1cccc(Br)c1)[C@H](Cc1ccccc1)C(=O)NC(C)C)S(=O)(=O)c1ccccc1. The predicted octanol–water partition coefficient (Wildman–Crippen LogP) is 6.37. The maximum atomic E-state index is 14.5. The van der Waals surface area contributed by atoms with Crippen molar-refractivity contribution in [3.8, 4) is 0 Å². The molecule has 0 aliphatic rings. The number of hydrogen-bond donors (Lipinski definition) is 1. The minimum absolute atomic E-state index is 0.0793. The summed E-state index contributed by atoms with van der Waals surface area (Å²) in [5.41, 5.74) is 2.90. The molecule has 0 aliphatic carbocycles. The first kappa shape index (κ1) is 33.0. The van der Waals surface area contributed by atoms with Crippen LogP contribution in [0.3, 0.4) is 0 Å². The van der Waals surface area contributed by atoms with Gasteiger partial charge in [0.1, 0.15) is 12.6 Å². The van der Waals surface area contributed by atoms with Crippen LogP contribution < -0.4 is 9.62 Å². The molecular formula is C35H38BrN3O4S. The van der Waals surface area contributed by atoms with Crippen molar-refractivity contribution in [2.24, 2.45) is 0 Å². The van der Waals surface area contributed by atoms with E-state index in [2.05, 4.69) is 21.2 Å². The summed E-state index contributed by atoms with van der Waals surface area (Å²) >= 11 is 3.51. The largest absolute Gasteiger partial charge is 0.352 e. The lowest BCUT2D eigenvalue weighted by Gasteiger charge is -2.34. The number of para-hydroxylation sites is 1. The van der Waals surface area contributed by atoms with Gasteiger partial charge in [0.2, 0.25) is 11.8 Å². The number of sulfonamides is 1. The predicted molar refractivity (Wildman–Crippen MR) is 179 cm³/mol. The first-order valence-electron chi connectivity index (χ1n) is 14.6. The molecule has 4 aromatic carbocycles. The number of carbonyl (C=O) groups is 2. The lowest BCUT2D eigenvalue weighted by Crippen LogP contribution is -2.54. The summed E-state index contributed by atoms with van der Waals surface area (Å²) in [4.78, 5) is 29.9. The third-order valence-corrected chi connectivity index (χ3v) is 9.46. The average molecular weight is 677 g/mol. The van der Waals surface area contributed by atoms with Crippen molar-refractivity contribution >= 4 is 43.5 Å². The van der Waals surface area contributed by atoms with Gasteiger partial charge in [0.15, 0.2) is 0 Å². The van der Waals surface area contributed by atoms with Gasteiger partial charge in [0, 0.05) is 23.5 Å². The summed E-state index contributed by atoms with van der Waals surface area (Å²) in [6.07, 6.45) is 0.830. The van der Waals surface area contributed by atoms with Crippen LogP contribution in [0.4, 0.5) is 5.69 Å². The van der Waals surface area contributed by atoms with Crippen molar-refractivity contribution in [2.75, 3.05) is 10.8 Å². The Balaban J connectivity index is 1.83. The van der Waals surface area contributed by atoms with E-state index in [1.165, 1.54) is 21.3 Å². The van der Waals surface area contributed by atoms with Crippen LogP contribution in [-0.4, -0.2) is 43.8 Å². The molecule has 1 atom stereocenters. The zero-order valence-corrected chi connectivity index (χ0v) is 27.6. The van der Waals surface area contributed by atoms with Gasteiger partial charge < -0.3 is 10.2 Å². The number of nitrogens with one attached hydrogen (secondary N) is 1. The minimum atomic E-state index is -4.14. The van der Waals surface area contributed by atoms with E-state index < -0.39 is 28.5 Å². The second kappa shape index (κ2) is 15.2. The molecule has 1 N–H and O–H groups in total. The van der Waals surface area contributed by atoms with E-state index in [0.717, 1.165) is 21.2 Å². The number of anilines is 1. The van der Waals surface area contributed by atoms with E-state index in [0.29, 0.717) is 12.1 Å². The van der Waals surface area contributed by atoms with E-state index >= 15 is 0 Å². The summed E-state index contributed by atoms with van der Waals surface area (Å²) in [7, 11) is -4.14. The second-order valence-electron chi connectivity index (χ2n) is 10.8. The molecule has 0 radical (unpaired) electrons. The van der Waals surface area contributed by atoms with Crippen LogP contribution in [-0.2, 0) is 39.0 Å². The van der Waals surface area contributed by atoms with E-state index in [4.69, 9.17) is 0 Å². The Hall–Kier alpha value is -3.95. The molecular weight excluding hydrogens is 638 g/mol. The first-order chi connectivity index (χ1) is 21.1. The van der Waals surface area contributed by atoms with E-state index in [9.17, 15) is 18.0 Å². The van der Waals surface area contributed by atoms with Gasteiger partial charge in [-0.15, -0.1) is 0 Å². The molecule has 7 nitrogen and oxygen atoms in total. The van der Waals surface area contributed by atoms with Gasteiger partial charge in [-0.1, -0.05) is 102 Å². The summed E-state index contributed by atoms with van der Waals surface area (Å²) in [6.45, 7) is 5.31. The molecule has 230 valence electrons. The fourth-order valence-corrected chi connectivity index (χ4v) is 6.97. The summed E-state index contributed by atoms with van der Waals surface area (Å²) in [5, 5.41) is 2.98. The van der Waals surface area contributed by atoms with Crippen LogP contribution in [0.2, 0.25) is 0 Å². The topological polar surface area (TPSA) is 86.8 Å². The van der Waals surface area contributed by atoms with Crippen molar-refractivity contribution in [3.63, 3.8) is 0 Å². The van der Waals surface area contributed by atoms with Gasteiger partial charge in [0.05, 0.1) is 10.6 Å². The zero-order chi connectivity index (χ0) is 31.7. The van der Waals surface area contributed by atoms with Crippen LogP contribution in [0, 0.1) is 0 Å². The third-order valence-electron chi connectivity index (χ3n) is 7.20. The Morgan fingerprint density at radius 2 is 1.43 bits per heavy atom. The fraction of sp³-hybridized carbons (Fsp3) is 0.257. The highest BCUT2D eigenvalue weighted by atomic mass is 79.9. The summed E-state index contributed by atoms with van der Waals surface area (Å²) in [5.74, 6) is -0.797. The molecule has 0 aromatic heterocycles. The number of carbonyl (C=O) groups excluding carboxylic acids is 2. The molecule has 44 heavy (non-hydrogen) atoms. The van der Waals surface area contributed by atoms with Gasteiger partial charge >= 0.3 is 0 Å². The number of rotatable bonds is 13. The van der Waals surface area contributed by atoms with Crippen LogP contribution in [0.1, 0.15) is 37.5 Å². The summed E-state index contributed by atoms with van der Waals surface area (Å²) < 4.78 is 30.4. The Labute approximate surface area is 269 Å². The van der Waals surface area contributed by atoms with Crippen LogP contribution in [0.5, 0.6) is 0 Å². The van der Waals surface area contributed by atoms with Gasteiger partial charge in [0.25, 0.3) is 10.0 Å². The number of hydrogen-bond acceptors (Lipinski definition) is 4. The number of benzene rings is 4.